The highest BCUT2D eigenvalue weighted by atomic mass is 35.5. The topological polar surface area (TPSA) is 58.2 Å². The molecule has 2 N–H and O–H groups in total. The van der Waals surface area contributed by atoms with Crippen LogP contribution in [0.5, 0.6) is 0 Å². The lowest BCUT2D eigenvalue weighted by atomic mass is 10.2. The molecule has 0 aliphatic rings. The summed E-state index contributed by atoms with van der Waals surface area (Å²) in [4.78, 5) is 0. The minimum atomic E-state index is -3.20. The van der Waals surface area contributed by atoms with E-state index >= 15 is 0 Å². The lowest BCUT2D eigenvalue weighted by Crippen LogP contribution is -2.29. The van der Waals surface area contributed by atoms with Crippen molar-refractivity contribution < 1.29 is 12.8 Å². The monoisotopic (exact) mass is 280 g/mol. The zero-order valence-electron chi connectivity index (χ0n) is 9.33. The Morgan fingerprint density at radius 3 is 2.71 bits per heavy atom. The quantitative estimate of drug-likeness (QED) is 0.768. The molecule has 0 aromatic heterocycles. The first-order valence-corrected chi connectivity index (χ1v) is 7.03. The highest BCUT2D eigenvalue weighted by molar-refractivity contribution is 7.89. The molecule has 0 aliphatic heterocycles. The lowest BCUT2D eigenvalue weighted by Gasteiger charge is -2.06. The molecule has 0 saturated heterocycles. The summed E-state index contributed by atoms with van der Waals surface area (Å²) in [5.74, 6) is -0.492. The first kappa shape index (κ1) is 14.4. The van der Waals surface area contributed by atoms with Crippen LogP contribution < -0.4 is 10.0 Å². The number of hydrogen-bond donors (Lipinski definition) is 2. The Morgan fingerprint density at radius 1 is 1.41 bits per heavy atom. The Kier molecular flexibility index (Phi) is 5.32. The van der Waals surface area contributed by atoms with Gasteiger partial charge >= 0.3 is 0 Å². The lowest BCUT2D eigenvalue weighted by molar-refractivity contribution is 0.582. The molecule has 0 unspecified atom stereocenters. The molecular formula is C10H14ClFN2O2S. The van der Waals surface area contributed by atoms with Gasteiger partial charge in [-0.25, -0.2) is 17.5 Å². The van der Waals surface area contributed by atoms with Crippen LogP contribution in [0.2, 0.25) is 5.02 Å². The molecule has 4 nitrogen and oxygen atoms in total. The number of halogens is 2. The van der Waals surface area contributed by atoms with E-state index in [1.165, 1.54) is 19.2 Å². The van der Waals surface area contributed by atoms with Gasteiger partial charge in [0.2, 0.25) is 10.0 Å². The average molecular weight is 281 g/mol. The third kappa shape index (κ3) is 4.99. The largest absolute Gasteiger partial charge is 0.312 e. The van der Waals surface area contributed by atoms with Gasteiger partial charge in [-0.3, -0.25) is 0 Å². The molecule has 96 valence electrons. The molecule has 0 radical (unpaired) electrons. The van der Waals surface area contributed by atoms with Crippen molar-refractivity contribution in [1.29, 1.82) is 0 Å². The normalized spacial score (nSPS) is 11.7. The standard InChI is InChI=1S/C10H14ClFN2O2S/c1-13-17(15,16)5-4-14-7-8-2-3-9(11)10(12)6-8/h2-3,6,13-14H,4-5,7H2,1H3. The van der Waals surface area contributed by atoms with Crippen molar-refractivity contribution in [1.82, 2.24) is 10.0 Å². The van der Waals surface area contributed by atoms with Gasteiger partial charge in [-0.15, -0.1) is 0 Å². The molecule has 0 aliphatic carbocycles. The SMILES string of the molecule is CNS(=O)(=O)CCNCc1ccc(Cl)c(F)c1. The molecule has 0 fully saturated rings. The molecule has 7 heteroatoms. The summed E-state index contributed by atoms with van der Waals surface area (Å²) >= 11 is 5.54. The van der Waals surface area contributed by atoms with Gasteiger partial charge in [0.25, 0.3) is 0 Å². The maximum absolute atomic E-state index is 13.1. The summed E-state index contributed by atoms with van der Waals surface area (Å²) in [6, 6.07) is 4.48. The fourth-order valence-electron chi connectivity index (χ4n) is 1.19. The third-order valence-corrected chi connectivity index (χ3v) is 3.84. The van der Waals surface area contributed by atoms with Crippen LogP contribution in [0.1, 0.15) is 5.56 Å². The van der Waals surface area contributed by atoms with E-state index in [1.807, 2.05) is 0 Å². The summed E-state index contributed by atoms with van der Waals surface area (Å²) in [6.07, 6.45) is 0. The van der Waals surface area contributed by atoms with Crippen LogP contribution in [0.3, 0.4) is 0 Å². The van der Waals surface area contributed by atoms with E-state index in [4.69, 9.17) is 11.6 Å². The van der Waals surface area contributed by atoms with E-state index in [9.17, 15) is 12.8 Å². The Hall–Kier alpha value is -0.690. The van der Waals surface area contributed by atoms with Crippen LogP contribution in [0.4, 0.5) is 4.39 Å². The average Bonchev–Trinajstić information content (AvgIpc) is 2.29. The van der Waals surface area contributed by atoms with Crippen LogP contribution in [-0.4, -0.2) is 27.8 Å². The van der Waals surface area contributed by atoms with E-state index in [0.717, 1.165) is 0 Å². The van der Waals surface area contributed by atoms with Crippen LogP contribution in [0.15, 0.2) is 18.2 Å². The van der Waals surface area contributed by atoms with Gasteiger partial charge in [0.1, 0.15) is 5.82 Å². The zero-order chi connectivity index (χ0) is 12.9. The number of rotatable bonds is 6. The van der Waals surface area contributed by atoms with Crippen molar-refractivity contribution in [2.45, 2.75) is 6.54 Å². The van der Waals surface area contributed by atoms with Crippen LogP contribution >= 0.6 is 11.6 Å². The van der Waals surface area contributed by atoms with Crippen molar-refractivity contribution in [2.24, 2.45) is 0 Å². The van der Waals surface area contributed by atoms with Crippen molar-refractivity contribution in [3.63, 3.8) is 0 Å². The third-order valence-electron chi connectivity index (χ3n) is 2.17. The van der Waals surface area contributed by atoms with Gasteiger partial charge in [-0.2, -0.15) is 0 Å². The van der Waals surface area contributed by atoms with Gasteiger partial charge < -0.3 is 5.32 Å². The van der Waals surface area contributed by atoms with Gasteiger partial charge in [0.05, 0.1) is 10.8 Å². The Labute approximate surface area is 105 Å². The smallest absolute Gasteiger partial charge is 0.212 e. The summed E-state index contributed by atoms with van der Waals surface area (Å²) in [7, 11) is -1.83. The van der Waals surface area contributed by atoms with Crippen LogP contribution in [0, 0.1) is 5.82 Å². The molecule has 0 bridgehead atoms. The molecule has 0 saturated carbocycles. The number of nitrogens with one attached hydrogen (secondary N) is 2. The van der Waals surface area contributed by atoms with E-state index in [0.29, 0.717) is 18.7 Å². The van der Waals surface area contributed by atoms with E-state index < -0.39 is 15.8 Å². The molecule has 1 rings (SSSR count). The molecule has 0 spiro atoms. The highest BCUT2D eigenvalue weighted by Crippen LogP contribution is 2.15. The molecule has 0 atom stereocenters. The molecular weight excluding hydrogens is 267 g/mol. The predicted molar refractivity (Wildman–Crippen MR) is 66.0 cm³/mol. The Morgan fingerprint density at radius 2 is 2.12 bits per heavy atom. The first-order chi connectivity index (χ1) is 7.94. The number of benzene rings is 1. The fraction of sp³-hybridized carbons (Fsp3) is 0.400. The second-order valence-corrected chi connectivity index (χ2v) is 5.90. The first-order valence-electron chi connectivity index (χ1n) is 5.00. The van der Waals surface area contributed by atoms with Gasteiger partial charge in [-0.05, 0) is 24.7 Å². The second-order valence-electron chi connectivity index (χ2n) is 3.45. The summed E-state index contributed by atoms with van der Waals surface area (Å²) < 4.78 is 37.4. The minimum absolute atomic E-state index is 0.0143. The fourth-order valence-corrected chi connectivity index (χ4v) is 1.93. The van der Waals surface area contributed by atoms with E-state index in [1.54, 1.807) is 6.07 Å². The molecule has 0 amide bonds. The van der Waals surface area contributed by atoms with Crippen molar-refractivity contribution in [2.75, 3.05) is 19.3 Å². The van der Waals surface area contributed by atoms with Gasteiger partial charge in [0, 0.05) is 13.1 Å². The number of hydrogen-bond acceptors (Lipinski definition) is 3. The van der Waals surface area contributed by atoms with Gasteiger partial charge in [-0.1, -0.05) is 17.7 Å². The zero-order valence-corrected chi connectivity index (χ0v) is 10.9. The Balaban J connectivity index is 2.39. The minimum Gasteiger partial charge on any atom is -0.312 e. The maximum atomic E-state index is 13.1. The van der Waals surface area contributed by atoms with Gasteiger partial charge in [0.15, 0.2) is 0 Å². The molecule has 1 aromatic carbocycles. The molecule has 0 heterocycles. The highest BCUT2D eigenvalue weighted by Gasteiger charge is 2.06. The van der Waals surface area contributed by atoms with Crippen molar-refractivity contribution in [3.8, 4) is 0 Å². The molecule has 1 aromatic rings. The van der Waals surface area contributed by atoms with E-state index in [-0.39, 0.29) is 10.8 Å². The molecule has 17 heavy (non-hydrogen) atoms. The summed E-state index contributed by atoms with van der Waals surface area (Å²) in [6.45, 7) is 0.695. The Bertz CT molecular complexity index is 479. The summed E-state index contributed by atoms with van der Waals surface area (Å²) in [5.41, 5.74) is 0.716. The maximum Gasteiger partial charge on any atom is 0.212 e. The number of sulfonamides is 1. The van der Waals surface area contributed by atoms with E-state index in [2.05, 4.69) is 10.0 Å². The van der Waals surface area contributed by atoms with Crippen molar-refractivity contribution in [3.05, 3.63) is 34.6 Å². The van der Waals surface area contributed by atoms with Crippen LogP contribution in [0.25, 0.3) is 0 Å². The predicted octanol–water partition coefficient (Wildman–Crippen LogP) is 1.12. The summed E-state index contributed by atoms with van der Waals surface area (Å²) in [5, 5.41) is 2.99. The van der Waals surface area contributed by atoms with Crippen LogP contribution in [-0.2, 0) is 16.6 Å². The van der Waals surface area contributed by atoms with Crippen molar-refractivity contribution >= 4 is 21.6 Å². The second kappa shape index (κ2) is 6.30.